The van der Waals surface area contributed by atoms with E-state index in [9.17, 15) is 0 Å². The highest BCUT2D eigenvalue weighted by Crippen LogP contribution is 2.38. The lowest BCUT2D eigenvalue weighted by Crippen LogP contribution is -2.41. The Balaban J connectivity index is 2.22. The Morgan fingerprint density at radius 1 is 1.29 bits per heavy atom. The second-order valence-corrected chi connectivity index (χ2v) is 6.26. The van der Waals surface area contributed by atoms with Gasteiger partial charge in [0.25, 0.3) is 0 Å². The van der Waals surface area contributed by atoms with E-state index < -0.39 is 7.12 Å². The molecule has 0 unspecified atom stereocenters. The Labute approximate surface area is 126 Å². The van der Waals surface area contributed by atoms with Crippen LogP contribution in [0.4, 0.5) is 0 Å². The lowest BCUT2D eigenvalue weighted by atomic mass is 9.77. The first-order valence-electron chi connectivity index (χ1n) is 7.11. The molecule has 0 aromatic carbocycles. The van der Waals surface area contributed by atoms with E-state index in [1.54, 1.807) is 6.20 Å². The van der Waals surface area contributed by atoms with Gasteiger partial charge in [0, 0.05) is 12.7 Å². The molecule has 2 heterocycles. The maximum Gasteiger partial charge on any atom is 0.491 e. The maximum absolute atomic E-state index is 9.03. The molecule has 0 bridgehead atoms. The molecule has 1 aromatic heterocycles. The SMILES string of the molecule is CC1(C)OB(C(=Cc2ccc(CO)cn2)CN)OC1(C)C. The number of hydrogen-bond acceptors (Lipinski definition) is 5. The molecule has 1 fully saturated rings. The molecule has 1 saturated heterocycles. The summed E-state index contributed by atoms with van der Waals surface area (Å²) in [4.78, 5) is 4.28. The van der Waals surface area contributed by atoms with Crippen LogP contribution in [0.5, 0.6) is 0 Å². The molecule has 114 valence electrons. The van der Waals surface area contributed by atoms with Crippen LogP contribution < -0.4 is 5.73 Å². The van der Waals surface area contributed by atoms with Crippen molar-refractivity contribution in [1.29, 1.82) is 0 Å². The smallest absolute Gasteiger partial charge is 0.400 e. The average molecular weight is 290 g/mol. The standard InChI is InChI=1S/C15H23BN2O3/c1-14(2)15(3,4)21-16(20-14)12(8-17)7-13-6-5-11(10-19)9-18-13/h5-7,9,19H,8,10,17H2,1-4H3. The van der Waals surface area contributed by atoms with E-state index in [4.69, 9.17) is 20.1 Å². The first-order valence-corrected chi connectivity index (χ1v) is 7.11. The second kappa shape index (κ2) is 5.89. The van der Waals surface area contributed by atoms with Crippen molar-refractivity contribution < 1.29 is 14.4 Å². The molecule has 21 heavy (non-hydrogen) atoms. The van der Waals surface area contributed by atoms with Gasteiger partial charge in [-0.2, -0.15) is 0 Å². The van der Waals surface area contributed by atoms with Gasteiger partial charge < -0.3 is 20.1 Å². The Morgan fingerprint density at radius 3 is 2.33 bits per heavy atom. The Hall–Kier alpha value is -1.21. The van der Waals surface area contributed by atoms with E-state index in [0.717, 1.165) is 16.7 Å². The van der Waals surface area contributed by atoms with Crippen LogP contribution >= 0.6 is 0 Å². The van der Waals surface area contributed by atoms with E-state index in [1.807, 2.05) is 45.9 Å². The zero-order valence-corrected chi connectivity index (χ0v) is 13.1. The molecule has 0 aliphatic carbocycles. The predicted molar refractivity (Wildman–Crippen MR) is 83.3 cm³/mol. The largest absolute Gasteiger partial charge is 0.491 e. The molecular formula is C15H23BN2O3. The summed E-state index contributed by atoms with van der Waals surface area (Å²) >= 11 is 0. The fourth-order valence-electron chi connectivity index (χ4n) is 2.02. The van der Waals surface area contributed by atoms with Crippen molar-refractivity contribution in [2.75, 3.05) is 6.54 Å². The van der Waals surface area contributed by atoms with Crippen LogP contribution in [0.3, 0.4) is 0 Å². The van der Waals surface area contributed by atoms with Gasteiger partial charge in [0.05, 0.1) is 23.5 Å². The van der Waals surface area contributed by atoms with Gasteiger partial charge in [-0.15, -0.1) is 0 Å². The topological polar surface area (TPSA) is 77.6 Å². The van der Waals surface area contributed by atoms with Crippen molar-refractivity contribution in [3.63, 3.8) is 0 Å². The van der Waals surface area contributed by atoms with Gasteiger partial charge in [-0.25, -0.2) is 0 Å². The number of nitrogens with zero attached hydrogens (tertiary/aromatic N) is 1. The summed E-state index contributed by atoms with van der Waals surface area (Å²) in [7, 11) is -0.459. The van der Waals surface area contributed by atoms with Crippen molar-refractivity contribution in [3.05, 3.63) is 35.1 Å². The van der Waals surface area contributed by atoms with Crippen molar-refractivity contribution >= 4 is 13.2 Å². The molecule has 2 rings (SSSR count). The van der Waals surface area contributed by atoms with Crippen LogP contribution in [0.15, 0.2) is 23.8 Å². The van der Waals surface area contributed by atoms with E-state index in [2.05, 4.69) is 4.98 Å². The first kappa shape index (κ1) is 16.2. The second-order valence-electron chi connectivity index (χ2n) is 6.26. The van der Waals surface area contributed by atoms with Crippen molar-refractivity contribution in [3.8, 4) is 0 Å². The lowest BCUT2D eigenvalue weighted by Gasteiger charge is -2.32. The third-order valence-electron chi connectivity index (χ3n) is 4.16. The number of hydrogen-bond donors (Lipinski definition) is 2. The molecule has 1 aliphatic heterocycles. The van der Waals surface area contributed by atoms with Gasteiger partial charge in [-0.1, -0.05) is 6.07 Å². The number of nitrogens with two attached hydrogens (primary N) is 1. The molecule has 0 amide bonds. The highest BCUT2D eigenvalue weighted by Gasteiger charge is 2.52. The quantitative estimate of drug-likeness (QED) is 0.823. The van der Waals surface area contributed by atoms with E-state index >= 15 is 0 Å². The average Bonchev–Trinajstić information content (AvgIpc) is 2.65. The number of aliphatic hydroxyl groups is 1. The molecule has 0 atom stereocenters. The van der Waals surface area contributed by atoms with Gasteiger partial charge in [0.2, 0.25) is 0 Å². The monoisotopic (exact) mass is 290 g/mol. The van der Waals surface area contributed by atoms with Crippen LogP contribution in [0.25, 0.3) is 6.08 Å². The maximum atomic E-state index is 9.03. The van der Waals surface area contributed by atoms with E-state index in [0.29, 0.717) is 6.54 Å². The summed E-state index contributed by atoms with van der Waals surface area (Å²) in [6.07, 6.45) is 3.52. The summed E-state index contributed by atoms with van der Waals surface area (Å²) in [5, 5.41) is 9.03. The van der Waals surface area contributed by atoms with Crippen molar-refractivity contribution in [2.24, 2.45) is 5.73 Å². The van der Waals surface area contributed by atoms with Gasteiger partial charge in [0.15, 0.2) is 0 Å². The minimum absolute atomic E-state index is 0.0159. The fraction of sp³-hybridized carbons (Fsp3) is 0.533. The number of pyridine rings is 1. The third kappa shape index (κ3) is 3.35. The summed E-state index contributed by atoms with van der Waals surface area (Å²) < 4.78 is 12.0. The highest BCUT2D eigenvalue weighted by atomic mass is 16.7. The number of aromatic nitrogens is 1. The third-order valence-corrected chi connectivity index (χ3v) is 4.16. The minimum atomic E-state index is -0.459. The Morgan fingerprint density at radius 2 is 1.90 bits per heavy atom. The summed E-state index contributed by atoms with van der Waals surface area (Å²) in [6.45, 7) is 8.36. The van der Waals surface area contributed by atoms with Crippen molar-refractivity contribution in [1.82, 2.24) is 4.98 Å². The van der Waals surface area contributed by atoms with Gasteiger partial charge >= 0.3 is 7.12 Å². The molecular weight excluding hydrogens is 267 g/mol. The Kier molecular flexibility index (Phi) is 4.53. The molecule has 1 aliphatic rings. The van der Waals surface area contributed by atoms with E-state index in [-0.39, 0.29) is 17.8 Å². The van der Waals surface area contributed by atoms with Crippen LogP contribution in [0, 0.1) is 0 Å². The summed E-state index contributed by atoms with van der Waals surface area (Å²) in [5.41, 5.74) is 7.45. The van der Waals surface area contributed by atoms with E-state index in [1.165, 1.54) is 0 Å². The van der Waals surface area contributed by atoms with Gasteiger partial charge in [-0.05, 0) is 50.9 Å². The zero-order valence-electron chi connectivity index (χ0n) is 13.1. The predicted octanol–water partition coefficient (Wildman–Crippen LogP) is 1.55. The van der Waals surface area contributed by atoms with Crippen LogP contribution in [0.2, 0.25) is 0 Å². The number of aliphatic hydroxyl groups excluding tert-OH is 1. The van der Waals surface area contributed by atoms with Crippen LogP contribution in [-0.2, 0) is 15.9 Å². The van der Waals surface area contributed by atoms with Crippen LogP contribution in [-0.4, -0.2) is 35.0 Å². The zero-order chi connectivity index (χ0) is 15.7. The van der Waals surface area contributed by atoms with Crippen LogP contribution in [0.1, 0.15) is 39.0 Å². The summed E-state index contributed by atoms with van der Waals surface area (Å²) in [6, 6.07) is 3.67. The molecule has 1 aromatic rings. The fourth-order valence-corrected chi connectivity index (χ4v) is 2.02. The van der Waals surface area contributed by atoms with Gasteiger partial charge in [0.1, 0.15) is 0 Å². The minimum Gasteiger partial charge on any atom is -0.400 e. The molecule has 0 radical (unpaired) electrons. The molecule has 0 saturated carbocycles. The Bertz CT molecular complexity index is 510. The molecule has 5 nitrogen and oxygen atoms in total. The van der Waals surface area contributed by atoms with Crippen molar-refractivity contribution in [2.45, 2.75) is 45.5 Å². The molecule has 0 spiro atoms. The lowest BCUT2D eigenvalue weighted by molar-refractivity contribution is 0.00578. The highest BCUT2D eigenvalue weighted by molar-refractivity contribution is 6.55. The normalized spacial score (nSPS) is 20.9. The summed E-state index contributed by atoms with van der Waals surface area (Å²) in [5.74, 6) is 0. The molecule has 6 heteroatoms. The first-order chi connectivity index (χ1) is 9.79. The van der Waals surface area contributed by atoms with Gasteiger partial charge in [-0.3, -0.25) is 4.98 Å². The molecule has 3 N–H and O–H groups in total. The number of rotatable bonds is 4.